The molecule has 0 saturated heterocycles. The summed E-state index contributed by atoms with van der Waals surface area (Å²) in [5.41, 5.74) is 2.84. The van der Waals surface area contributed by atoms with E-state index in [0.29, 0.717) is 28.6 Å². The van der Waals surface area contributed by atoms with Crippen LogP contribution in [0.2, 0.25) is 5.02 Å². The van der Waals surface area contributed by atoms with E-state index in [1.54, 1.807) is 47.4 Å². The third-order valence-electron chi connectivity index (χ3n) is 5.51. The summed E-state index contributed by atoms with van der Waals surface area (Å²) in [6, 6.07) is 21.7. The molecular formula is C27H25ClN2O5. The molecule has 2 amide bonds. The van der Waals surface area contributed by atoms with Crippen molar-refractivity contribution in [2.75, 3.05) is 25.7 Å². The van der Waals surface area contributed by atoms with Gasteiger partial charge in [0.05, 0.1) is 18.8 Å². The van der Waals surface area contributed by atoms with Gasteiger partial charge in [0.25, 0.3) is 11.8 Å². The molecule has 0 spiro atoms. The van der Waals surface area contributed by atoms with Gasteiger partial charge in [-0.05, 0) is 53.6 Å². The highest BCUT2D eigenvalue weighted by Crippen LogP contribution is 2.36. The summed E-state index contributed by atoms with van der Waals surface area (Å²) in [6.07, 6.45) is 1.15. The number of para-hydroxylation sites is 2. The third-order valence-corrected chi connectivity index (χ3v) is 5.76. The minimum absolute atomic E-state index is 0.192. The van der Waals surface area contributed by atoms with Crippen molar-refractivity contribution in [2.45, 2.75) is 12.8 Å². The first-order chi connectivity index (χ1) is 17.0. The van der Waals surface area contributed by atoms with E-state index in [4.69, 9.17) is 25.8 Å². The number of carbonyl (C=O) groups excluding carboxylic acids is 2. The first-order valence-electron chi connectivity index (χ1n) is 11.0. The Morgan fingerprint density at radius 2 is 1.71 bits per heavy atom. The van der Waals surface area contributed by atoms with Crippen molar-refractivity contribution in [3.63, 3.8) is 0 Å². The molecule has 4 rings (SSSR count). The van der Waals surface area contributed by atoms with E-state index in [0.717, 1.165) is 11.1 Å². The summed E-state index contributed by atoms with van der Waals surface area (Å²) < 4.78 is 16.1. The molecule has 0 aliphatic carbocycles. The van der Waals surface area contributed by atoms with Crippen molar-refractivity contribution < 1.29 is 23.8 Å². The number of nitrogens with one attached hydrogen (secondary N) is 1. The smallest absolute Gasteiger partial charge is 0.294 e. The number of hydrogen-bond donors (Lipinski definition) is 1. The lowest BCUT2D eigenvalue weighted by molar-refractivity contribution is -0.117. The standard InChI is InChI=1S/C27H25ClN2O5/c1-33-25(34-2)16-29-26(31)20-11-7-18(8-12-20)15-24-27(32)30(17-19-9-13-21(28)14-10-19)22-5-3-4-6-23(22)35-24/h3-15,25H,16-17H2,1-2H3,(H,29,31). The Hall–Kier alpha value is -3.65. The van der Waals surface area contributed by atoms with Crippen LogP contribution in [0.25, 0.3) is 6.08 Å². The monoisotopic (exact) mass is 492 g/mol. The number of methoxy groups -OCH3 is 2. The van der Waals surface area contributed by atoms with Gasteiger partial charge < -0.3 is 19.5 Å². The zero-order valence-electron chi connectivity index (χ0n) is 19.4. The number of hydrogen-bond acceptors (Lipinski definition) is 5. The highest BCUT2D eigenvalue weighted by Gasteiger charge is 2.30. The van der Waals surface area contributed by atoms with E-state index < -0.39 is 6.29 Å². The molecule has 0 atom stereocenters. The van der Waals surface area contributed by atoms with E-state index in [-0.39, 0.29) is 24.1 Å². The topological polar surface area (TPSA) is 77.1 Å². The van der Waals surface area contributed by atoms with Crippen molar-refractivity contribution >= 4 is 35.2 Å². The fourth-order valence-electron chi connectivity index (χ4n) is 3.61. The molecule has 0 radical (unpaired) electrons. The largest absolute Gasteiger partial charge is 0.449 e. The number of rotatable bonds is 8. The molecule has 0 aromatic heterocycles. The molecule has 180 valence electrons. The average Bonchev–Trinajstić information content (AvgIpc) is 2.88. The number of carbonyl (C=O) groups is 2. The van der Waals surface area contributed by atoms with Crippen LogP contribution in [0.1, 0.15) is 21.5 Å². The van der Waals surface area contributed by atoms with Crippen molar-refractivity contribution in [3.8, 4) is 5.75 Å². The highest BCUT2D eigenvalue weighted by molar-refractivity contribution is 6.30. The lowest BCUT2D eigenvalue weighted by Gasteiger charge is -2.30. The second kappa shape index (κ2) is 11.2. The molecule has 0 unspecified atom stereocenters. The van der Waals surface area contributed by atoms with Gasteiger partial charge >= 0.3 is 0 Å². The molecular weight excluding hydrogens is 468 g/mol. The molecule has 8 heteroatoms. The first-order valence-corrected chi connectivity index (χ1v) is 11.3. The van der Waals surface area contributed by atoms with E-state index in [1.807, 2.05) is 36.4 Å². The lowest BCUT2D eigenvalue weighted by Crippen LogP contribution is -2.36. The number of nitrogens with zero attached hydrogens (tertiary/aromatic N) is 1. The van der Waals surface area contributed by atoms with E-state index in [9.17, 15) is 9.59 Å². The van der Waals surface area contributed by atoms with Gasteiger partial charge in [-0.15, -0.1) is 0 Å². The predicted octanol–water partition coefficient (Wildman–Crippen LogP) is 4.66. The summed E-state index contributed by atoms with van der Waals surface area (Å²) >= 11 is 6.01. The molecule has 35 heavy (non-hydrogen) atoms. The van der Waals surface area contributed by atoms with Crippen LogP contribution in [0.15, 0.2) is 78.6 Å². The maximum Gasteiger partial charge on any atom is 0.294 e. The summed E-state index contributed by atoms with van der Waals surface area (Å²) in [6.45, 7) is 0.597. The van der Waals surface area contributed by atoms with Crippen LogP contribution < -0.4 is 15.0 Å². The van der Waals surface area contributed by atoms with Crippen LogP contribution in [-0.2, 0) is 20.8 Å². The fraction of sp³-hybridized carbons (Fsp3) is 0.185. The van der Waals surface area contributed by atoms with Crippen LogP contribution >= 0.6 is 11.6 Å². The Labute approximate surface area is 208 Å². The first kappa shape index (κ1) is 24.5. The van der Waals surface area contributed by atoms with Gasteiger partial charge in [-0.25, -0.2) is 0 Å². The van der Waals surface area contributed by atoms with Crippen LogP contribution in [0.3, 0.4) is 0 Å². The molecule has 3 aromatic carbocycles. The molecule has 1 heterocycles. The maximum atomic E-state index is 13.4. The third kappa shape index (κ3) is 5.89. The normalized spacial score (nSPS) is 14.1. The average molecular weight is 493 g/mol. The summed E-state index contributed by atoms with van der Waals surface area (Å²) in [7, 11) is 3.01. The van der Waals surface area contributed by atoms with Gasteiger partial charge in [-0.1, -0.05) is 48.0 Å². The summed E-state index contributed by atoms with van der Waals surface area (Å²) in [5, 5.41) is 3.39. The summed E-state index contributed by atoms with van der Waals surface area (Å²) in [4.78, 5) is 27.4. The maximum absolute atomic E-state index is 13.4. The fourth-order valence-corrected chi connectivity index (χ4v) is 3.74. The molecule has 7 nitrogen and oxygen atoms in total. The minimum Gasteiger partial charge on any atom is -0.449 e. The van der Waals surface area contributed by atoms with Crippen molar-refractivity contribution in [1.29, 1.82) is 0 Å². The van der Waals surface area contributed by atoms with Crippen LogP contribution in [0.4, 0.5) is 5.69 Å². The van der Waals surface area contributed by atoms with Gasteiger partial charge in [0.1, 0.15) is 0 Å². The molecule has 0 bridgehead atoms. The van der Waals surface area contributed by atoms with Crippen LogP contribution in [0, 0.1) is 0 Å². The van der Waals surface area contributed by atoms with Gasteiger partial charge in [0.2, 0.25) is 0 Å². The van der Waals surface area contributed by atoms with Crippen LogP contribution in [-0.4, -0.2) is 38.9 Å². The number of anilines is 1. The quantitative estimate of drug-likeness (QED) is 0.366. The van der Waals surface area contributed by atoms with Gasteiger partial charge in [-0.2, -0.15) is 0 Å². The zero-order valence-corrected chi connectivity index (χ0v) is 20.1. The highest BCUT2D eigenvalue weighted by atomic mass is 35.5. The predicted molar refractivity (Wildman–Crippen MR) is 134 cm³/mol. The molecule has 1 N–H and O–H groups in total. The second-order valence-electron chi connectivity index (χ2n) is 7.83. The minimum atomic E-state index is -0.517. The summed E-state index contributed by atoms with van der Waals surface area (Å²) in [5.74, 6) is 0.272. The van der Waals surface area contributed by atoms with Crippen molar-refractivity contribution in [3.05, 3.63) is 100 Å². The number of fused-ring (bicyclic) bond motifs is 1. The zero-order chi connectivity index (χ0) is 24.8. The van der Waals surface area contributed by atoms with Gasteiger partial charge in [-0.3, -0.25) is 14.5 Å². The Balaban J connectivity index is 1.53. The van der Waals surface area contributed by atoms with Gasteiger partial charge in [0.15, 0.2) is 17.8 Å². The molecule has 0 fully saturated rings. The molecule has 1 aliphatic rings. The van der Waals surface area contributed by atoms with E-state index in [1.165, 1.54) is 14.2 Å². The number of benzene rings is 3. The lowest BCUT2D eigenvalue weighted by atomic mass is 10.1. The Morgan fingerprint density at radius 1 is 1.03 bits per heavy atom. The van der Waals surface area contributed by atoms with Crippen LogP contribution in [0.5, 0.6) is 5.75 Å². The number of ether oxygens (including phenoxy) is 3. The SMILES string of the molecule is COC(CNC(=O)c1ccc(C=C2Oc3ccccc3N(Cc3ccc(Cl)cc3)C2=O)cc1)OC. The number of halogens is 1. The van der Waals surface area contributed by atoms with E-state index >= 15 is 0 Å². The Bertz CT molecular complexity index is 1220. The Kier molecular flexibility index (Phi) is 7.82. The van der Waals surface area contributed by atoms with Gasteiger partial charge in [0, 0.05) is 24.8 Å². The van der Waals surface area contributed by atoms with Crippen molar-refractivity contribution in [2.24, 2.45) is 0 Å². The Morgan fingerprint density at radius 3 is 2.40 bits per heavy atom. The molecule has 1 aliphatic heterocycles. The van der Waals surface area contributed by atoms with Crippen molar-refractivity contribution in [1.82, 2.24) is 5.32 Å². The molecule has 0 saturated carbocycles. The molecule has 3 aromatic rings. The second-order valence-corrected chi connectivity index (χ2v) is 8.27. The number of amides is 2. The van der Waals surface area contributed by atoms with E-state index in [2.05, 4.69) is 5.32 Å².